The zero-order valence-corrected chi connectivity index (χ0v) is 12.6. The summed E-state index contributed by atoms with van der Waals surface area (Å²) in [6.07, 6.45) is 7.94. The monoisotopic (exact) mass is 294 g/mol. The molecule has 4 amide bonds. The Morgan fingerprint density at radius 2 is 1.90 bits per heavy atom. The molecular weight excluding hydrogens is 268 g/mol. The summed E-state index contributed by atoms with van der Waals surface area (Å²) in [6.45, 7) is 2.97. The molecule has 118 valence electrons. The predicted octanol–water partition coefficient (Wildman–Crippen LogP) is 1.52. The molecule has 0 radical (unpaired) electrons. The van der Waals surface area contributed by atoms with Crippen LogP contribution in [0.5, 0.6) is 0 Å². The average Bonchev–Trinajstić information content (AvgIpc) is 2.94. The Kier molecular flexibility index (Phi) is 4.51. The second kappa shape index (κ2) is 6.54. The van der Waals surface area contributed by atoms with E-state index >= 15 is 0 Å². The molecule has 0 unspecified atom stereocenters. The van der Waals surface area contributed by atoms with Crippen molar-refractivity contribution in [3.8, 4) is 0 Å². The lowest BCUT2D eigenvalue weighted by molar-refractivity contribution is 0.130. The maximum atomic E-state index is 12.4. The molecule has 2 saturated heterocycles. The molecule has 0 aromatic heterocycles. The highest BCUT2D eigenvalue weighted by atomic mass is 16.2. The van der Waals surface area contributed by atoms with Crippen LogP contribution in [0.1, 0.15) is 44.9 Å². The molecule has 0 aromatic carbocycles. The van der Waals surface area contributed by atoms with Gasteiger partial charge < -0.3 is 20.4 Å². The van der Waals surface area contributed by atoms with Crippen LogP contribution in [0.2, 0.25) is 0 Å². The van der Waals surface area contributed by atoms with Crippen molar-refractivity contribution in [1.82, 2.24) is 20.4 Å². The van der Waals surface area contributed by atoms with Crippen molar-refractivity contribution in [3.63, 3.8) is 0 Å². The number of likely N-dealkylation sites (tertiary alicyclic amines) is 1. The van der Waals surface area contributed by atoms with E-state index in [0.29, 0.717) is 12.6 Å². The molecule has 3 rings (SSSR count). The van der Waals surface area contributed by atoms with E-state index in [9.17, 15) is 9.59 Å². The Morgan fingerprint density at radius 3 is 2.62 bits per heavy atom. The van der Waals surface area contributed by atoms with Gasteiger partial charge >= 0.3 is 12.1 Å². The van der Waals surface area contributed by atoms with Gasteiger partial charge in [-0.15, -0.1) is 0 Å². The first kappa shape index (κ1) is 14.5. The van der Waals surface area contributed by atoms with Crippen LogP contribution in [0.3, 0.4) is 0 Å². The van der Waals surface area contributed by atoms with E-state index in [1.807, 2.05) is 9.80 Å². The first-order chi connectivity index (χ1) is 10.2. The van der Waals surface area contributed by atoms with Crippen molar-refractivity contribution in [2.75, 3.05) is 26.2 Å². The van der Waals surface area contributed by atoms with E-state index in [1.54, 1.807) is 0 Å². The summed E-state index contributed by atoms with van der Waals surface area (Å²) in [5, 5.41) is 6.02. The van der Waals surface area contributed by atoms with Gasteiger partial charge in [0, 0.05) is 32.2 Å². The summed E-state index contributed by atoms with van der Waals surface area (Å²) < 4.78 is 0. The van der Waals surface area contributed by atoms with Gasteiger partial charge in [-0.2, -0.15) is 0 Å². The fourth-order valence-electron chi connectivity index (χ4n) is 3.74. The second-order valence-corrected chi connectivity index (χ2v) is 6.45. The molecule has 1 aliphatic carbocycles. The van der Waals surface area contributed by atoms with Crippen molar-refractivity contribution in [3.05, 3.63) is 0 Å². The summed E-state index contributed by atoms with van der Waals surface area (Å²) in [7, 11) is 0. The number of urea groups is 2. The molecule has 21 heavy (non-hydrogen) atoms. The number of carbonyl (C=O) groups excluding carboxylic acids is 2. The minimum absolute atomic E-state index is 0.0227. The molecule has 6 nitrogen and oxygen atoms in total. The van der Waals surface area contributed by atoms with E-state index in [4.69, 9.17) is 0 Å². The summed E-state index contributed by atoms with van der Waals surface area (Å²) in [4.78, 5) is 28.0. The molecule has 1 atom stereocenters. The second-order valence-electron chi connectivity index (χ2n) is 6.45. The van der Waals surface area contributed by atoms with E-state index in [1.165, 1.54) is 19.3 Å². The van der Waals surface area contributed by atoms with Gasteiger partial charge in [-0.05, 0) is 25.7 Å². The van der Waals surface area contributed by atoms with E-state index in [2.05, 4.69) is 10.6 Å². The summed E-state index contributed by atoms with van der Waals surface area (Å²) in [5.74, 6) is 0. The Hall–Kier alpha value is -1.46. The highest BCUT2D eigenvalue weighted by Gasteiger charge is 2.33. The number of amides is 4. The number of piperidine rings is 1. The summed E-state index contributed by atoms with van der Waals surface area (Å²) >= 11 is 0. The molecule has 3 aliphatic rings. The third-order valence-electron chi connectivity index (χ3n) is 4.95. The maximum Gasteiger partial charge on any atom is 0.317 e. The summed E-state index contributed by atoms with van der Waals surface area (Å²) in [6, 6.07) is 0.612. The molecule has 2 N–H and O–H groups in total. The highest BCUT2D eigenvalue weighted by molar-refractivity contribution is 5.77. The lowest BCUT2D eigenvalue weighted by atomic mass is 9.95. The Labute approximate surface area is 126 Å². The predicted molar refractivity (Wildman–Crippen MR) is 80.1 cm³/mol. The minimum Gasteiger partial charge on any atom is -0.336 e. The normalized spacial score (nSPS) is 27.6. The molecule has 2 aliphatic heterocycles. The molecule has 1 saturated carbocycles. The van der Waals surface area contributed by atoms with Crippen LogP contribution < -0.4 is 10.6 Å². The van der Waals surface area contributed by atoms with Gasteiger partial charge in [-0.1, -0.05) is 19.3 Å². The largest absolute Gasteiger partial charge is 0.336 e. The fourth-order valence-corrected chi connectivity index (χ4v) is 3.74. The lowest BCUT2D eigenvalue weighted by Crippen LogP contribution is -2.54. The zero-order chi connectivity index (χ0) is 14.7. The van der Waals surface area contributed by atoms with Gasteiger partial charge in [-0.3, -0.25) is 0 Å². The van der Waals surface area contributed by atoms with Crippen LogP contribution in [0.15, 0.2) is 0 Å². The molecular formula is C15H26N4O2. The number of nitrogens with one attached hydrogen (secondary N) is 2. The lowest BCUT2D eigenvalue weighted by Gasteiger charge is -2.38. The Bertz CT molecular complexity index is 395. The molecule has 3 fully saturated rings. The number of carbonyl (C=O) groups is 2. The van der Waals surface area contributed by atoms with Crippen LogP contribution in [0, 0.1) is 0 Å². The summed E-state index contributed by atoms with van der Waals surface area (Å²) in [5.41, 5.74) is 0. The number of hydrogen-bond donors (Lipinski definition) is 2. The van der Waals surface area contributed by atoms with Crippen molar-refractivity contribution in [2.24, 2.45) is 0 Å². The third kappa shape index (κ3) is 3.41. The smallest absolute Gasteiger partial charge is 0.317 e. The first-order valence-electron chi connectivity index (χ1n) is 8.34. The van der Waals surface area contributed by atoms with Gasteiger partial charge in [0.1, 0.15) is 0 Å². The van der Waals surface area contributed by atoms with Crippen molar-refractivity contribution >= 4 is 12.1 Å². The topological polar surface area (TPSA) is 64.7 Å². The van der Waals surface area contributed by atoms with Crippen LogP contribution in [-0.2, 0) is 0 Å². The molecule has 0 aromatic rings. The third-order valence-corrected chi connectivity index (χ3v) is 4.95. The molecule has 2 heterocycles. The SMILES string of the molecule is O=C(NC1CCCCC1)N1CCC[C@H](N2CCNC2=O)C1. The van der Waals surface area contributed by atoms with Gasteiger partial charge in [0.05, 0.1) is 6.04 Å². The first-order valence-corrected chi connectivity index (χ1v) is 8.34. The Balaban J connectivity index is 1.52. The van der Waals surface area contributed by atoms with Gasteiger partial charge in [0.25, 0.3) is 0 Å². The molecule has 0 bridgehead atoms. The van der Waals surface area contributed by atoms with Gasteiger partial charge in [0.15, 0.2) is 0 Å². The van der Waals surface area contributed by atoms with E-state index < -0.39 is 0 Å². The van der Waals surface area contributed by atoms with Gasteiger partial charge in [0.2, 0.25) is 0 Å². The molecule has 6 heteroatoms. The number of hydrogen-bond acceptors (Lipinski definition) is 2. The number of nitrogens with zero attached hydrogens (tertiary/aromatic N) is 2. The van der Waals surface area contributed by atoms with Crippen LogP contribution in [0.25, 0.3) is 0 Å². The van der Waals surface area contributed by atoms with E-state index in [0.717, 1.165) is 45.3 Å². The molecule has 0 spiro atoms. The van der Waals surface area contributed by atoms with Gasteiger partial charge in [-0.25, -0.2) is 9.59 Å². The van der Waals surface area contributed by atoms with Crippen molar-refractivity contribution in [2.45, 2.75) is 57.0 Å². The van der Waals surface area contributed by atoms with Crippen LogP contribution in [0.4, 0.5) is 9.59 Å². The quantitative estimate of drug-likeness (QED) is 0.811. The van der Waals surface area contributed by atoms with E-state index in [-0.39, 0.29) is 18.1 Å². The van der Waals surface area contributed by atoms with Crippen LogP contribution in [-0.4, -0.2) is 60.1 Å². The fraction of sp³-hybridized carbons (Fsp3) is 0.867. The minimum atomic E-state index is 0.0227. The average molecular weight is 294 g/mol. The Morgan fingerprint density at radius 1 is 1.10 bits per heavy atom. The highest BCUT2D eigenvalue weighted by Crippen LogP contribution is 2.20. The van der Waals surface area contributed by atoms with Crippen molar-refractivity contribution in [1.29, 1.82) is 0 Å². The zero-order valence-electron chi connectivity index (χ0n) is 12.6. The van der Waals surface area contributed by atoms with Crippen LogP contribution >= 0.6 is 0 Å². The number of rotatable bonds is 2. The standard InChI is InChI=1S/C15H26N4O2/c20-14-16-8-10-19(14)13-7-4-9-18(11-13)15(21)17-12-5-2-1-3-6-12/h12-13H,1-11H2,(H,16,20)(H,17,21)/t13-/m0/s1. The van der Waals surface area contributed by atoms with Crippen molar-refractivity contribution < 1.29 is 9.59 Å². The maximum absolute atomic E-state index is 12.4.